The van der Waals surface area contributed by atoms with Gasteiger partial charge in [0.15, 0.2) is 0 Å². The number of para-hydroxylation sites is 8. The molecule has 0 aromatic heterocycles. The van der Waals surface area contributed by atoms with Crippen LogP contribution in [0.25, 0.3) is 0 Å². The molecule has 103 heavy (non-hydrogen) atoms. The van der Waals surface area contributed by atoms with E-state index in [-0.39, 0.29) is 33.8 Å². The van der Waals surface area contributed by atoms with Gasteiger partial charge in [-0.2, -0.15) is 0 Å². The number of aliphatic hydroxyl groups excluding tert-OH is 1. The van der Waals surface area contributed by atoms with Crippen molar-refractivity contribution < 1.29 is 50.8 Å². The van der Waals surface area contributed by atoms with Crippen molar-refractivity contribution in [3.63, 3.8) is 0 Å². The first-order chi connectivity index (χ1) is 50.2. The fourth-order valence-corrected chi connectivity index (χ4v) is 11.2. The Morgan fingerprint density at radius 3 is 0.544 bits per heavy atom. The molecule has 0 amide bonds. The van der Waals surface area contributed by atoms with Crippen molar-refractivity contribution >= 4 is 93.1 Å². The van der Waals surface area contributed by atoms with Crippen LogP contribution in [-0.2, 0) is 25.3 Å². The molecule has 0 aliphatic rings. The van der Waals surface area contributed by atoms with Crippen LogP contribution in [0.4, 0.5) is 68.2 Å². The average Bonchev–Trinajstić information content (AvgIpc) is 0.825. The number of phenolic OH excluding ortho intramolecular Hbond substituents is 4. The van der Waals surface area contributed by atoms with Gasteiger partial charge in [-0.05, 0) is 146 Å². The summed E-state index contributed by atoms with van der Waals surface area (Å²) >= 11 is -2.25. The third-order valence-electron chi connectivity index (χ3n) is 16.2. The molecule has 15 nitrogen and oxygen atoms in total. The monoisotopic (exact) mass is 1540 g/mol. The van der Waals surface area contributed by atoms with Gasteiger partial charge in [-0.1, -0.05) is 173 Å². The molecule has 5 N–H and O–H groups in total. The molecule has 12 rings (SSSR count). The molecule has 0 atom stereocenters. The van der Waals surface area contributed by atoms with Crippen LogP contribution in [0.5, 0.6) is 23.0 Å². The molecule has 16 heteroatoms. The Morgan fingerprint density at radius 2 is 0.408 bits per heavy atom. The first-order valence-electron chi connectivity index (χ1n) is 33.5. The van der Waals surface area contributed by atoms with Crippen molar-refractivity contribution in [1.29, 1.82) is 0 Å². The third kappa shape index (κ3) is 21.5. The van der Waals surface area contributed by atoms with Gasteiger partial charge in [0.1, 0.15) is 23.0 Å². The molecule has 12 aromatic rings. The first-order valence-corrected chi connectivity index (χ1v) is 35.9. The van der Waals surface area contributed by atoms with Crippen LogP contribution in [0.3, 0.4) is 0 Å². The Bertz CT molecular complexity index is 4000. The number of anilines is 12. The number of aliphatic hydroxyl groups is 1. The molecular formula is C87H84N8O7W. The number of benzene rings is 12. The fraction of sp³-hybridized carbons (Fsp3) is 0.126. The van der Waals surface area contributed by atoms with Gasteiger partial charge in [0.2, 0.25) is 0 Å². The molecule has 12 aromatic carbocycles. The van der Waals surface area contributed by atoms with Crippen LogP contribution in [0.15, 0.2) is 335 Å². The van der Waals surface area contributed by atoms with E-state index in [4.69, 9.17) is 11.9 Å². The van der Waals surface area contributed by atoms with Crippen molar-refractivity contribution in [2.45, 2.75) is 27.7 Å². The van der Waals surface area contributed by atoms with Crippen LogP contribution < -0.4 is 19.6 Å². The number of nitrogens with zero attached hydrogens (tertiary/aromatic N) is 8. The molecule has 0 heterocycles. The number of aliphatic imine (C=N–C) groups is 4. The van der Waals surface area contributed by atoms with Crippen molar-refractivity contribution in [2.24, 2.45) is 30.8 Å². The Hall–Kier alpha value is -12.0. The Labute approximate surface area is 612 Å². The molecular weight excluding hydrogens is 1450 g/mol. The SMILES string of the molecule is CC(C)(CN=Cc1ccc(N(c2ccccc2)c2ccccc2)cc1O)CN=Cc1ccc(N(c2ccccc2)c2ccccc2)cc1O.CC(C)(CN=Cc1ccc(N(c2ccccc2)c2ccccc2)cc1O)CN=Cc1ccc(N(c2ccccc2)c2ccccc2)cc1O.CO.[O]=[W]=[O]. The van der Waals surface area contributed by atoms with E-state index < -0.39 is 18.5 Å². The molecule has 0 aliphatic carbocycles. The van der Waals surface area contributed by atoms with E-state index in [1.54, 1.807) is 49.1 Å². The third-order valence-corrected chi connectivity index (χ3v) is 16.2. The van der Waals surface area contributed by atoms with Gasteiger partial charge in [0.05, 0.1) is 0 Å². The Kier molecular flexibility index (Phi) is 27.7. The molecule has 0 bridgehead atoms. The van der Waals surface area contributed by atoms with E-state index in [1.165, 1.54) is 0 Å². The summed E-state index contributed by atoms with van der Waals surface area (Å²) in [5, 5.41) is 50.9. The van der Waals surface area contributed by atoms with Crippen molar-refractivity contribution in [3.8, 4) is 23.0 Å². The van der Waals surface area contributed by atoms with E-state index in [2.05, 4.69) is 67.3 Å². The van der Waals surface area contributed by atoms with Crippen LogP contribution in [0.2, 0.25) is 0 Å². The van der Waals surface area contributed by atoms with E-state index >= 15 is 0 Å². The quantitative estimate of drug-likeness (QED) is 0.0361. The number of phenols is 4. The minimum absolute atomic E-state index is 0.158. The molecule has 0 saturated carbocycles. The van der Waals surface area contributed by atoms with Crippen molar-refractivity contribution in [2.75, 3.05) is 52.9 Å². The average molecular weight is 1540 g/mol. The van der Waals surface area contributed by atoms with Gasteiger partial charge >= 0.3 is 25.3 Å². The second kappa shape index (κ2) is 38.0. The summed E-state index contributed by atoms with van der Waals surface area (Å²) in [6.07, 6.45) is 6.87. The second-order valence-corrected chi connectivity index (χ2v) is 25.8. The number of hydrogen-bond acceptors (Lipinski definition) is 15. The summed E-state index contributed by atoms with van der Waals surface area (Å²) in [5.74, 6) is 0.633. The predicted molar refractivity (Wildman–Crippen MR) is 418 cm³/mol. The maximum atomic E-state index is 11.0. The fourth-order valence-electron chi connectivity index (χ4n) is 11.2. The normalized spacial score (nSPS) is 11.2. The summed E-state index contributed by atoms with van der Waals surface area (Å²) in [7, 11) is 1.00. The van der Waals surface area contributed by atoms with Gasteiger partial charge in [-0.15, -0.1) is 0 Å². The summed E-state index contributed by atoms with van der Waals surface area (Å²) < 4.78 is 17.1. The number of aromatic hydroxyl groups is 4. The first kappa shape index (κ1) is 75.2. The Morgan fingerprint density at radius 1 is 0.262 bits per heavy atom. The van der Waals surface area contributed by atoms with Crippen LogP contribution in [0, 0.1) is 10.8 Å². The van der Waals surface area contributed by atoms with E-state index in [9.17, 15) is 20.4 Å². The van der Waals surface area contributed by atoms with Gasteiger partial charge in [0, 0.05) is 184 Å². The summed E-state index contributed by atoms with van der Waals surface area (Å²) in [4.78, 5) is 27.1. The zero-order valence-electron chi connectivity index (χ0n) is 58.2. The topological polar surface area (TPSA) is 198 Å². The minimum atomic E-state index is -2.25. The van der Waals surface area contributed by atoms with Gasteiger partial charge in [0.25, 0.3) is 0 Å². The van der Waals surface area contributed by atoms with Crippen molar-refractivity contribution in [1.82, 2.24) is 0 Å². The predicted octanol–water partition coefficient (Wildman–Crippen LogP) is 20.6. The standard InChI is InChI=1S/2C43H40N4O2.CH4O.2O.W/c2*1-43(2,31-44-29-33-23-25-39(27-41(33)48)46(35-15-7-3-8-16-35)36-17-9-4-10-18-36)32-45-30-34-24-26-40(28-42(34)49)47(37-19-11-5-12-20-37)38-21-13-6-14-22-38;1-2;;;/h2*3-30,48-49H,31-32H2,1-2H3;2H,1H3;;;. The second-order valence-electron chi connectivity index (χ2n) is 25.3. The maximum absolute atomic E-state index is 11.0. The molecule has 0 aliphatic heterocycles. The molecule has 520 valence electrons. The molecule has 0 saturated heterocycles. The Balaban J connectivity index is 0.000000225. The summed E-state index contributed by atoms with van der Waals surface area (Å²) in [5.41, 5.74) is 13.5. The number of rotatable bonds is 24. The molecule has 0 fully saturated rings. The molecule has 0 unspecified atom stereocenters. The van der Waals surface area contributed by atoms with Crippen molar-refractivity contribution in [3.05, 3.63) is 338 Å². The van der Waals surface area contributed by atoms with E-state index in [0.717, 1.165) is 75.4 Å². The van der Waals surface area contributed by atoms with E-state index in [0.29, 0.717) is 48.4 Å². The van der Waals surface area contributed by atoms with E-state index in [1.807, 2.05) is 291 Å². The van der Waals surface area contributed by atoms with Crippen LogP contribution in [0.1, 0.15) is 49.9 Å². The molecule has 0 radical (unpaired) electrons. The number of hydrogen-bond donors (Lipinski definition) is 5. The van der Waals surface area contributed by atoms with Crippen LogP contribution in [-0.4, -0.2) is 83.7 Å². The van der Waals surface area contributed by atoms with Gasteiger partial charge < -0.3 is 45.1 Å². The van der Waals surface area contributed by atoms with Gasteiger partial charge in [-0.3, -0.25) is 20.0 Å². The zero-order chi connectivity index (χ0) is 72.8. The summed E-state index contributed by atoms with van der Waals surface area (Å²) in [6, 6.07) is 103. The zero-order valence-corrected chi connectivity index (χ0v) is 61.1. The van der Waals surface area contributed by atoms with Gasteiger partial charge in [-0.25, -0.2) is 0 Å². The summed E-state index contributed by atoms with van der Waals surface area (Å²) in [6.45, 7) is 10.5. The van der Waals surface area contributed by atoms with Crippen LogP contribution >= 0.6 is 0 Å². The molecule has 0 spiro atoms.